The smallest absolute Gasteiger partial charge is 0.303 e. The molecule has 1 aliphatic rings. The van der Waals surface area contributed by atoms with Gasteiger partial charge in [0.25, 0.3) is 0 Å². The molecule has 0 aromatic heterocycles. The fourth-order valence-corrected chi connectivity index (χ4v) is 2.05. The predicted octanol–water partition coefficient (Wildman–Crippen LogP) is 0.786. The number of hydrogen-bond acceptors (Lipinski definition) is 8. The number of hydrogen-bond donors (Lipinski definition) is 0. The van der Waals surface area contributed by atoms with Gasteiger partial charge in [-0.25, -0.2) is 4.39 Å². The van der Waals surface area contributed by atoms with Crippen LogP contribution in [0.3, 0.4) is 0 Å². The zero-order chi connectivity index (χ0) is 17.6. The minimum atomic E-state index is -2.14. The normalized spacial score (nSPS) is 29.8. The predicted molar refractivity (Wildman–Crippen MR) is 70.4 cm³/mol. The van der Waals surface area contributed by atoms with Crippen LogP contribution in [0.25, 0.3) is 10.4 Å². The average molecular weight is 333 g/mol. The molecule has 128 valence electrons. The standard InChI is InChI=1S/C12H16FN3O7/c1-5(17)20-4-8-10(21-6(2)18)11(22-7(3)19)9(15-16-14)12(13)23-8/h8-12H,4H2,1-3H3/t8-,9-,10+,11-,12?/m1/s1. The third kappa shape index (κ3) is 5.38. The van der Waals surface area contributed by atoms with E-state index in [1.54, 1.807) is 0 Å². The monoisotopic (exact) mass is 333 g/mol. The molecule has 1 saturated heterocycles. The number of carbonyl (C=O) groups excluding carboxylic acids is 3. The molecule has 0 bridgehead atoms. The average Bonchev–Trinajstić information content (AvgIpc) is 2.42. The Bertz CT molecular complexity index is 523. The Morgan fingerprint density at radius 3 is 2.17 bits per heavy atom. The van der Waals surface area contributed by atoms with Crippen molar-refractivity contribution in [2.45, 2.75) is 51.5 Å². The Kier molecular flexibility index (Phi) is 6.73. The Hall–Kier alpha value is -2.39. The summed E-state index contributed by atoms with van der Waals surface area (Å²) >= 11 is 0. The second-order valence-corrected chi connectivity index (χ2v) is 4.67. The van der Waals surface area contributed by atoms with Gasteiger partial charge in [-0.2, -0.15) is 0 Å². The van der Waals surface area contributed by atoms with E-state index in [0.717, 1.165) is 20.8 Å². The molecule has 0 saturated carbocycles. The van der Waals surface area contributed by atoms with E-state index >= 15 is 0 Å². The quantitative estimate of drug-likeness (QED) is 0.238. The Morgan fingerprint density at radius 1 is 1.13 bits per heavy atom. The van der Waals surface area contributed by atoms with Crippen LogP contribution in [0.15, 0.2) is 5.11 Å². The van der Waals surface area contributed by atoms with Crippen molar-refractivity contribution in [2.75, 3.05) is 6.61 Å². The summed E-state index contributed by atoms with van der Waals surface area (Å²) in [6.45, 7) is 2.83. The first kappa shape index (κ1) is 18.7. The van der Waals surface area contributed by atoms with E-state index in [1.165, 1.54) is 0 Å². The summed E-state index contributed by atoms with van der Waals surface area (Å²) in [6.07, 6.45) is -6.09. The van der Waals surface area contributed by atoms with Crippen molar-refractivity contribution in [3.8, 4) is 0 Å². The van der Waals surface area contributed by atoms with Crippen LogP contribution < -0.4 is 0 Å². The maximum atomic E-state index is 14.1. The SMILES string of the molecule is CC(=O)OC[C@H]1OC(F)[C@H](N=[N+]=[N-])[C@@H](OC(C)=O)[C@H]1OC(C)=O. The highest BCUT2D eigenvalue weighted by Gasteiger charge is 2.50. The van der Waals surface area contributed by atoms with Gasteiger partial charge in [0.05, 0.1) is 0 Å². The fraction of sp³-hybridized carbons (Fsp3) is 0.750. The lowest BCUT2D eigenvalue weighted by Gasteiger charge is -2.40. The highest BCUT2D eigenvalue weighted by Crippen LogP contribution is 2.29. The zero-order valence-electron chi connectivity index (χ0n) is 12.7. The molecule has 5 atom stereocenters. The van der Waals surface area contributed by atoms with Crippen LogP contribution in [0.2, 0.25) is 0 Å². The van der Waals surface area contributed by atoms with E-state index in [1.807, 2.05) is 0 Å². The minimum absolute atomic E-state index is 0.436. The van der Waals surface area contributed by atoms with Gasteiger partial charge in [-0.3, -0.25) is 14.4 Å². The number of rotatable bonds is 5. The number of ether oxygens (including phenoxy) is 4. The molecule has 10 nitrogen and oxygen atoms in total. The van der Waals surface area contributed by atoms with Crippen LogP contribution in [-0.4, -0.2) is 55.2 Å². The largest absolute Gasteiger partial charge is 0.463 e. The minimum Gasteiger partial charge on any atom is -0.463 e. The molecule has 0 amide bonds. The summed E-state index contributed by atoms with van der Waals surface area (Å²) in [5, 5.41) is 3.19. The van der Waals surface area contributed by atoms with Gasteiger partial charge in [-0.15, -0.1) is 0 Å². The van der Waals surface area contributed by atoms with E-state index < -0.39 is 55.2 Å². The van der Waals surface area contributed by atoms with Gasteiger partial charge in [0, 0.05) is 25.7 Å². The van der Waals surface area contributed by atoms with Gasteiger partial charge < -0.3 is 18.9 Å². The number of halogens is 1. The second-order valence-electron chi connectivity index (χ2n) is 4.67. The molecule has 1 rings (SSSR count). The van der Waals surface area contributed by atoms with Crippen LogP contribution >= 0.6 is 0 Å². The van der Waals surface area contributed by atoms with Crippen LogP contribution in [0.4, 0.5) is 4.39 Å². The van der Waals surface area contributed by atoms with Crippen molar-refractivity contribution in [3.63, 3.8) is 0 Å². The first-order valence-electron chi connectivity index (χ1n) is 6.57. The molecule has 11 heteroatoms. The summed E-state index contributed by atoms with van der Waals surface area (Å²) in [6, 6.07) is -1.55. The zero-order valence-corrected chi connectivity index (χ0v) is 12.7. The molecule has 0 spiro atoms. The van der Waals surface area contributed by atoms with Gasteiger partial charge in [-0.1, -0.05) is 5.11 Å². The molecule has 0 N–H and O–H groups in total. The Labute approximate surface area is 130 Å². The van der Waals surface area contributed by atoms with E-state index in [4.69, 9.17) is 24.5 Å². The van der Waals surface area contributed by atoms with Crippen molar-refractivity contribution in [2.24, 2.45) is 5.11 Å². The maximum absolute atomic E-state index is 14.1. The van der Waals surface area contributed by atoms with E-state index in [2.05, 4.69) is 10.0 Å². The van der Waals surface area contributed by atoms with E-state index in [-0.39, 0.29) is 0 Å². The van der Waals surface area contributed by atoms with Gasteiger partial charge in [0.15, 0.2) is 12.2 Å². The first-order chi connectivity index (χ1) is 10.8. The second kappa shape index (κ2) is 8.30. The third-order valence-electron chi connectivity index (χ3n) is 2.84. The van der Waals surface area contributed by atoms with Crippen LogP contribution in [0, 0.1) is 0 Å². The number of nitrogens with zero attached hydrogens (tertiary/aromatic N) is 3. The number of azide groups is 1. The lowest BCUT2D eigenvalue weighted by Crippen LogP contribution is -2.59. The Morgan fingerprint density at radius 2 is 1.70 bits per heavy atom. The molecule has 1 unspecified atom stereocenters. The molecule has 23 heavy (non-hydrogen) atoms. The lowest BCUT2D eigenvalue weighted by atomic mass is 9.97. The number of carbonyl (C=O) groups is 3. The van der Waals surface area contributed by atoms with Gasteiger partial charge >= 0.3 is 17.9 Å². The van der Waals surface area contributed by atoms with Crippen LogP contribution in [0.1, 0.15) is 20.8 Å². The van der Waals surface area contributed by atoms with E-state index in [0.29, 0.717) is 0 Å². The third-order valence-corrected chi connectivity index (χ3v) is 2.84. The van der Waals surface area contributed by atoms with Crippen LogP contribution in [0.5, 0.6) is 0 Å². The molecule has 1 aliphatic heterocycles. The summed E-state index contributed by atoms with van der Waals surface area (Å²) in [7, 11) is 0. The number of alkyl halides is 1. The fourth-order valence-electron chi connectivity index (χ4n) is 2.05. The summed E-state index contributed by atoms with van der Waals surface area (Å²) in [5.74, 6) is -2.22. The number of esters is 3. The van der Waals surface area contributed by atoms with Crippen molar-refractivity contribution >= 4 is 17.9 Å². The van der Waals surface area contributed by atoms with Crippen LogP contribution in [-0.2, 0) is 33.3 Å². The molecule has 0 aromatic rings. The summed E-state index contributed by atoms with van der Waals surface area (Å²) in [4.78, 5) is 35.8. The van der Waals surface area contributed by atoms with Gasteiger partial charge in [-0.05, 0) is 5.53 Å². The van der Waals surface area contributed by atoms with Crippen molar-refractivity contribution in [1.82, 2.24) is 0 Å². The van der Waals surface area contributed by atoms with Crippen molar-refractivity contribution in [1.29, 1.82) is 0 Å². The molecular formula is C12H16FN3O7. The summed E-state index contributed by atoms with van der Waals surface area (Å²) < 4.78 is 33.7. The Balaban J connectivity index is 3.11. The lowest BCUT2D eigenvalue weighted by molar-refractivity contribution is -0.241. The topological polar surface area (TPSA) is 137 Å². The van der Waals surface area contributed by atoms with Gasteiger partial charge in [0.1, 0.15) is 18.8 Å². The summed E-state index contributed by atoms with van der Waals surface area (Å²) in [5.41, 5.74) is 8.52. The highest BCUT2D eigenvalue weighted by molar-refractivity contribution is 5.67. The molecule has 0 radical (unpaired) electrons. The highest BCUT2D eigenvalue weighted by atomic mass is 19.1. The van der Waals surface area contributed by atoms with Crippen molar-refractivity contribution < 1.29 is 37.7 Å². The molecule has 1 fully saturated rings. The molecule has 0 aromatic carbocycles. The maximum Gasteiger partial charge on any atom is 0.303 e. The molecule has 1 heterocycles. The molecular weight excluding hydrogens is 317 g/mol. The molecule has 0 aliphatic carbocycles. The first-order valence-corrected chi connectivity index (χ1v) is 6.57. The van der Waals surface area contributed by atoms with E-state index in [9.17, 15) is 18.8 Å². The van der Waals surface area contributed by atoms with Crippen molar-refractivity contribution in [3.05, 3.63) is 10.4 Å². The van der Waals surface area contributed by atoms with Gasteiger partial charge in [0.2, 0.25) is 6.36 Å².